The maximum Gasteiger partial charge on any atom is 0.409 e. The number of rotatable bonds is 7. The Labute approximate surface area is 221 Å². The van der Waals surface area contributed by atoms with Crippen LogP contribution in [-0.4, -0.2) is 92.9 Å². The summed E-state index contributed by atoms with van der Waals surface area (Å²) in [5.41, 5.74) is 2.45. The minimum atomic E-state index is -0.320. The van der Waals surface area contributed by atoms with E-state index in [-0.39, 0.29) is 31.4 Å². The summed E-state index contributed by atoms with van der Waals surface area (Å²) in [6.45, 7) is 4.67. The fraction of sp³-hybridized carbons (Fsp3) is 0.444. The van der Waals surface area contributed by atoms with Gasteiger partial charge in [-0.1, -0.05) is 6.07 Å². The maximum atomic E-state index is 13.6. The maximum absolute atomic E-state index is 13.6. The molecule has 2 amide bonds. The number of hydrogen-bond donors (Lipinski definition) is 0. The number of fused-ring (bicyclic) bond motifs is 1. The first-order chi connectivity index (χ1) is 18.5. The molecule has 0 N–H and O–H groups in total. The summed E-state index contributed by atoms with van der Waals surface area (Å²) >= 11 is 0. The Bertz CT molecular complexity index is 1230. The number of amides is 2. The molecule has 0 saturated carbocycles. The van der Waals surface area contributed by atoms with Crippen LogP contribution in [0.3, 0.4) is 0 Å². The summed E-state index contributed by atoms with van der Waals surface area (Å²) in [5.74, 6) is 2.51. The molecular weight excluding hydrogens is 492 g/mol. The molecule has 0 aromatic heterocycles. The zero-order valence-electron chi connectivity index (χ0n) is 21.8. The molecule has 1 fully saturated rings. The lowest BCUT2D eigenvalue weighted by Gasteiger charge is -2.34. The third-order valence-corrected chi connectivity index (χ3v) is 6.92. The van der Waals surface area contributed by atoms with Crippen molar-refractivity contribution in [2.75, 3.05) is 60.3 Å². The molecule has 2 aromatic rings. The fourth-order valence-electron chi connectivity index (χ4n) is 4.89. The molecule has 5 rings (SSSR count). The Morgan fingerprint density at radius 3 is 2.53 bits per heavy atom. The van der Waals surface area contributed by atoms with Gasteiger partial charge in [-0.25, -0.2) is 9.80 Å². The van der Waals surface area contributed by atoms with E-state index >= 15 is 0 Å². The summed E-state index contributed by atoms with van der Waals surface area (Å²) < 4.78 is 27.1. The number of hydrogen-bond acceptors (Lipinski definition) is 9. The zero-order chi connectivity index (χ0) is 26.6. The van der Waals surface area contributed by atoms with Crippen LogP contribution in [-0.2, 0) is 9.53 Å². The first-order valence-corrected chi connectivity index (χ1v) is 12.7. The van der Waals surface area contributed by atoms with Crippen LogP contribution in [0, 0.1) is 0 Å². The van der Waals surface area contributed by atoms with Crippen molar-refractivity contribution in [3.05, 3.63) is 47.5 Å². The molecule has 202 valence electrons. The van der Waals surface area contributed by atoms with E-state index < -0.39 is 0 Å². The topological polar surface area (TPSA) is 102 Å². The van der Waals surface area contributed by atoms with E-state index in [1.807, 2.05) is 35.2 Å². The van der Waals surface area contributed by atoms with Crippen LogP contribution in [0.1, 0.15) is 30.5 Å². The standard InChI is InChI=1S/C27H32N4O7/c1-4-36-27(33)30-11-9-29(10-12-30)16-26(32)31-22(18-5-8-23-25(13-18)38-17-37-23)15-21(28-31)20-7-6-19(34-2)14-24(20)35-3/h5-8,13-14,22H,4,9-12,15-17H2,1-3H3. The van der Waals surface area contributed by atoms with Gasteiger partial charge in [-0.15, -0.1) is 0 Å². The number of ether oxygens (including phenoxy) is 5. The molecule has 3 aliphatic rings. The SMILES string of the molecule is CCOC(=O)N1CCN(CC(=O)N2N=C(c3ccc(OC)cc3OC)CC2c2ccc3c(c2)OCO3)CC1. The summed E-state index contributed by atoms with van der Waals surface area (Å²) in [4.78, 5) is 29.4. The second-order valence-electron chi connectivity index (χ2n) is 9.15. The predicted octanol–water partition coefficient (Wildman–Crippen LogP) is 2.88. The van der Waals surface area contributed by atoms with Gasteiger partial charge in [-0.3, -0.25) is 9.69 Å². The van der Waals surface area contributed by atoms with Gasteiger partial charge in [0.05, 0.1) is 39.1 Å². The smallest absolute Gasteiger partial charge is 0.409 e. The van der Waals surface area contributed by atoms with Crippen LogP contribution in [0.15, 0.2) is 41.5 Å². The molecule has 3 heterocycles. The van der Waals surface area contributed by atoms with Gasteiger partial charge in [0.1, 0.15) is 11.5 Å². The average molecular weight is 525 g/mol. The van der Waals surface area contributed by atoms with E-state index in [2.05, 4.69) is 0 Å². The molecule has 38 heavy (non-hydrogen) atoms. The molecule has 2 aromatic carbocycles. The Morgan fingerprint density at radius 2 is 1.79 bits per heavy atom. The van der Waals surface area contributed by atoms with Crippen molar-refractivity contribution in [1.82, 2.24) is 14.8 Å². The highest BCUT2D eigenvalue weighted by Crippen LogP contribution is 2.40. The van der Waals surface area contributed by atoms with Crippen molar-refractivity contribution >= 4 is 17.7 Å². The highest BCUT2D eigenvalue weighted by Gasteiger charge is 2.36. The summed E-state index contributed by atoms with van der Waals surface area (Å²) in [7, 11) is 3.20. The third-order valence-electron chi connectivity index (χ3n) is 6.92. The van der Waals surface area contributed by atoms with E-state index in [0.29, 0.717) is 62.2 Å². The quantitative estimate of drug-likeness (QED) is 0.545. The second kappa shape index (κ2) is 11.2. The van der Waals surface area contributed by atoms with Crippen molar-refractivity contribution < 1.29 is 33.3 Å². The van der Waals surface area contributed by atoms with Gasteiger partial charge in [0.15, 0.2) is 11.5 Å². The molecule has 0 radical (unpaired) electrons. The monoisotopic (exact) mass is 524 g/mol. The van der Waals surface area contributed by atoms with Crippen LogP contribution in [0.4, 0.5) is 4.79 Å². The van der Waals surface area contributed by atoms with Crippen molar-refractivity contribution in [3.8, 4) is 23.0 Å². The zero-order valence-corrected chi connectivity index (χ0v) is 21.8. The molecule has 1 saturated heterocycles. The molecule has 0 bridgehead atoms. The highest BCUT2D eigenvalue weighted by atomic mass is 16.7. The first-order valence-electron chi connectivity index (χ1n) is 12.7. The predicted molar refractivity (Wildman–Crippen MR) is 138 cm³/mol. The number of methoxy groups -OCH3 is 2. The number of piperazine rings is 1. The number of carbonyl (C=O) groups is 2. The van der Waals surface area contributed by atoms with E-state index in [4.69, 9.17) is 28.8 Å². The molecule has 0 aliphatic carbocycles. The van der Waals surface area contributed by atoms with Crippen molar-refractivity contribution in [1.29, 1.82) is 0 Å². The van der Waals surface area contributed by atoms with Crippen LogP contribution >= 0.6 is 0 Å². The second-order valence-corrected chi connectivity index (χ2v) is 9.15. The van der Waals surface area contributed by atoms with E-state index in [1.54, 1.807) is 37.1 Å². The number of carbonyl (C=O) groups excluding carboxylic acids is 2. The van der Waals surface area contributed by atoms with Crippen molar-refractivity contribution in [2.45, 2.75) is 19.4 Å². The Hall–Kier alpha value is -3.99. The van der Waals surface area contributed by atoms with Gasteiger partial charge in [0, 0.05) is 44.2 Å². The molecule has 11 nitrogen and oxygen atoms in total. The molecule has 0 spiro atoms. The van der Waals surface area contributed by atoms with Crippen molar-refractivity contribution in [2.24, 2.45) is 5.10 Å². The number of hydrazone groups is 1. The van der Waals surface area contributed by atoms with Gasteiger partial charge >= 0.3 is 6.09 Å². The average Bonchev–Trinajstić information content (AvgIpc) is 3.60. The number of nitrogens with zero attached hydrogens (tertiary/aromatic N) is 4. The van der Waals surface area contributed by atoms with E-state index in [9.17, 15) is 9.59 Å². The Kier molecular flexibility index (Phi) is 7.54. The summed E-state index contributed by atoms with van der Waals surface area (Å²) in [5, 5.41) is 6.37. The summed E-state index contributed by atoms with van der Waals surface area (Å²) in [6, 6.07) is 11.0. The lowest BCUT2D eigenvalue weighted by Crippen LogP contribution is -2.51. The highest BCUT2D eigenvalue weighted by molar-refractivity contribution is 6.05. The van der Waals surface area contributed by atoms with E-state index in [0.717, 1.165) is 16.8 Å². The molecule has 1 atom stereocenters. The Balaban J connectivity index is 1.37. The molecule has 11 heteroatoms. The van der Waals surface area contributed by atoms with Crippen LogP contribution in [0.2, 0.25) is 0 Å². The normalized spacial score (nSPS) is 18.8. The van der Waals surface area contributed by atoms with E-state index in [1.165, 1.54) is 0 Å². The molecule has 3 aliphatic heterocycles. The van der Waals surface area contributed by atoms with Gasteiger partial charge in [-0.2, -0.15) is 5.10 Å². The summed E-state index contributed by atoms with van der Waals surface area (Å²) in [6.07, 6.45) is 0.189. The van der Waals surface area contributed by atoms with Gasteiger partial charge in [0.25, 0.3) is 5.91 Å². The first kappa shape index (κ1) is 25.7. The van der Waals surface area contributed by atoms with Gasteiger partial charge in [-0.05, 0) is 36.8 Å². The minimum absolute atomic E-state index is 0.125. The minimum Gasteiger partial charge on any atom is -0.497 e. The van der Waals surface area contributed by atoms with Crippen LogP contribution < -0.4 is 18.9 Å². The van der Waals surface area contributed by atoms with Crippen LogP contribution in [0.5, 0.6) is 23.0 Å². The lowest BCUT2D eigenvalue weighted by molar-refractivity contribution is -0.134. The van der Waals surface area contributed by atoms with Crippen molar-refractivity contribution in [3.63, 3.8) is 0 Å². The third kappa shape index (κ3) is 5.19. The number of benzene rings is 2. The Morgan fingerprint density at radius 1 is 1.00 bits per heavy atom. The van der Waals surface area contributed by atoms with Gasteiger partial charge < -0.3 is 28.6 Å². The lowest BCUT2D eigenvalue weighted by atomic mass is 9.97. The molecule has 1 unspecified atom stereocenters. The van der Waals surface area contributed by atoms with Gasteiger partial charge in [0.2, 0.25) is 6.79 Å². The van der Waals surface area contributed by atoms with Crippen LogP contribution in [0.25, 0.3) is 0 Å². The molecular formula is C27H32N4O7. The fourth-order valence-corrected chi connectivity index (χ4v) is 4.89. The largest absolute Gasteiger partial charge is 0.497 e.